The molecule has 0 bridgehead atoms. The van der Waals surface area contributed by atoms with Crippen LogP contribution in [0.2, 0.25) is 0 Å². The fourth-order valence-corrected chi connectivity index (χ4v) is 2.57. The summed E-state index contributed by atoms with van der Waals surface area (Å²) in [6.45, 7) is 0.111. The Morgan fingerprint density at radius 3 is 3.00 bits per heavy atom. The van der Waals surface area contributed by atoms with Crippen LogP contribution in [0.5, 0.6) is 0 Å². The van der Waals surface area contributed by atoms with Crippen LogP contribution in [0.3, 0.4) is 0 Å². The molecule has 1 aliphatic heterocycles. The van der Waals surface area contributed by atoms with Crippen LogP contribution >= 0.6 is 0 Å². The van der Waals surface area contributed by atoms with E-state index in [1.165, 1.54) is 6.42 Å². The molecule has 0 spiro atoms. The van der Waals surface area contributed by atoms with Crippen molar-refractivity contribution in [2.45, 2.75) is 31.7 Å². The van der Waals surface area contributed by atoms with Crippen molar-refractivity contribution in [2.24, 2.45) is 11.7 Å². The Hall–Kier alpha value is -1.06. The lowest BCUT2D eigenvalue weighted by Gasteiger charge is -2.21. The van der Waals surface area contributed by atoms with Gasteiger partial charge in [-0.3, -0.25) is 9.59 Å². The van der Waals surface area contributed by atoms with Crippen LogP contribution in [-0.4, -0.2) is 29.3 Å². The van der Waals surface area contributed by atoms with Crippen LogP contribution in [0.25, 0.3) is 0 Å². The summed E-state index contributed by atoms with van der Waals surface area (Å²) >= 11 is 0. The number of nitrogens with zero attached hydrogens (tertiary/aromatic N) is 1. The number of carbonyl (C=O) groups is 2. The zero-order chi connectivity index (χ0) is 9.42. The topological polar surface area (TPSA) is 63.4 Å². The van der Waals surface area contributed by atoms with Crippen molar-refractivity contribution >= 4 is 11.8 Å². The molecule has 1 saturated heterocycles. The minimum Gasteiger partial charge on any atom is -0.368 e. The van der Waals surface area contributed by atoms with Gasteiger partial charge in [-0.1, -0.05) is 6.42 Å². The monoisotopic (exact) mass is 182 g/mol. The summed E-state index contributed by atoms with van der Waals surface area (Å²) in [5, 5.41) is 0. The molecule has 2 fully saturated rings. The number of amides is 2. The maximum Gasteiger partial charge on any atom is 0.237 e. The first-order valence-corrected chi connectivity index (χ1v) is 4.76. The van der Waals surface area contributed by atoms with Crippen LogP contribution in [0.15, 0.2) is 0 Å². The largest absolute Gasteiger partial charge is 0.368 e. The number of hydrogen-bond donors (Lipinski definition) is 1. The summed E-state index contributed by atoms with van der Waals surface area (Å²) in [6.07, 6.45) is 3.98. The molecule has 0 aromatic rings. The fourth-order valence-electron chi connectivity index (χ4n) is 2.57. The van der Waals surface area contributed by atoms with Gasteiger partial charge >= 0.3 is 0 Å². The molecule has 1 saturated carbocycles. The average molecular weight is 182 g/mol. The molecule has 0 aromatic heterocycles. The van der Waals surface area contributed by atoms with E-state index in [1.807, 2.05) is 0 Å². The van der Waals surface area contributed by atoms with E-state index in [0.717, 1.165) is 12.8 Å². The van der Waals surface area contributed by atoms with Crippen molar-refractivity contribution in [1.29, 1.82) is 0 Å². The Bertz CT molecular complexity index is 252. The summed E-state index contributed by atoms with van der Waals surface area (Å²) in [6, 6.07) is 0.306. The van der Waals surface area contributed by atoms with E-state index in [4.69, 9.17) is 5.73 Å². The number of primary amides is 1. The molecule has 13 heavy (non-hydrogen) atoms. The summed E-state index contributed by atoms with van der Waals surface area (Å²) in [5.41, 5.74) is 5.08. The zero-order valence-corrected chi connectivity index (χ0v) is 7.53. The van der Waals surface area contributed by atoms with Gasteiger partial charge in [-0.05, 0) is 18.8 Å². The van der Waals surface area contributed by atoms with Gasteiger partial charge in [0.1, 0.15) is 0 Å². The highest BCUT2D eigenvalue weighted by atomic mass is 16.2. The van der Waals surface area contributed by atoms with Crippen molar-refractivity contribution in [3.63, 3.8) is 0 Å². The van der Waals surface area contributed by atoms with Gasteiger partial charge in [-0.15, -0.1) is 0 Å². The first kappa shape index (κ1) is 8.53. The quantitative estimate of drug-likeness (QED) is 0.646. The summed E-state index contributed by atoms with van der Waals surface area (Å²) in [5.74, 6) is 0.196. The lowest BCUT2D eigenvalue weighted by molar-refractivity contribution is -0.133. The molecule has 2 amide bonds. The van der Waals surface area contributed by atoms with Crippen molar-refractivity contribution in [2.75, 3.05) is 6.54 Å². The van der Waals surface area contributed by atoms with Gasteiger partial charge in [0.25, 0.3) is 0 Å². The second kappa shape index (κ2) is 3.01. The molecule has 1 aliphatic carbocycles. The molecule has 2 N–H and O–H groups in total. The predicted octanol–water partition coefficient (Wildman–Crippen LogP) is -0.127. The van der Waals surface area contributed by atoms with E-state index in [-0.39, 0.29) is 12.5 Å². The predicted molar refractivity (Wildman–Crippen MR) is 46.7 cm³/mol. The number of rotatable bonds is 2. The summed E-state index contributed by atoms with van der Waals surface area (Å²) in [7, 11) is 0. The van der Waals surface area contributed by atoms with Crippen molar-refractivity contribution in [3.05, 3.63) is 0 Å². The van der Waals surface area contributed by atoms with Gasteiger partial charge in [0.2, 0.25) is 11.8 Å². The Morgan fingerprint density at radius 1 is 1.54 bits per heavy atom. The average Bonchev–Trinajstić information content (AvgIpc) is 2.55. The van der Waals surface area contributed by atoms with Gasteiger partial charge in [0.05, 0.1) is 6.54 Å². The van der Waals surface area contributed by atoms with Gasteiger partial charge in [-0.25, -0.2) is 0 Å². The Balaban J connectivity index is 2.08. The molecule has 2 rings (SSSR count). The lowest BCUT2D eigenvalue weighted by atomic mass is 10.0. The maximum atomic E-state index is 11.4. The van der Waals surface area contributed by atoms with Crippen LogP contribution < -0.4 is 5.73 Å². The summed E-state index contributed by atoms with van der Waals surface area (Å²) < 4.78 is 0. The number of hydrogen-bond acceptors (Lipinski definition) is 2. The third-order valence-electron chi connectivity index (χ3n) is 3.10. The maximum absolute atomic E-state index is 11.4. The molecule has 2 aliphatic rings. The Morgan fingerprint density at radius 2 is 2.31 bits per heavy atom. The third-order valence-corrected chi connectivity index (χ3v) is 3.10. The number of nitrogens with two attached hydrogens (primary N) is 1. The molecule has 0 aromatic carbocycles. The number of fused-ring (bicyclic) bond motifs is 1. The van der Waals surface area contributed by atoms with Gasteiger partial charge in [-0.2, -0.15) is 0 Å². The number of likely N-dealkylation sites (tertiary alicyclic amines) is 1. The van der Waals surface area contributed by atoms with Crippen LogP contribution in [-0.2, 0) is 9.59 Å². The fraction of sp³-hybridized carbons (Fsp3) is 0.778. The first-order valence-electron chi connectivity index (χ1n) is 4.76. The second-order valence-corrected chi connectivity index (χ2v) is 3.95. The molecule has 4 nitrogen and oxygen atoms in total. The van der Waals surface area contributed by atoms with Crippen molar-refractivity contribution in [3.8, 4) is 0 Å². The molecule has 72 valence electrons. The van der Waals surface area contributed by atoms with Gasteiger partial charge in [0, 0.05) is 12.5 Å². The molecular weight excluding hydrogens is 168 g/mol. The van der Waals surface area contributed by atoms with Gasteiger partial charge < -0.3 is 10.6 Å². The Kier molecular flexibility index (Phi) is 1.98. The zero-order valence-electron chi connectivity index (χ0n) is 7.53. The Labute approximate surface area is 77.1 Å². The van der Waals surface area contributed by atoms with Crippen molar-refractivity contribution < 1.29 is 9.59 Å². The van der Waals surface area contributed by atoms with E-state index in [9.17, 15) is 9.59 Å². The highest BCUT2D eigenvalue weighted by Gasteiger charge is 2.42. The van der Waals surface area contributed by atoms with Gasteiger partial charge in [0.15, 0.2) is 0 Å². The molecule has 2 atom stereocenters. The molecule has 0 unspecified atom stereocenters. The third kappa shape index (κ3) is 1.41. The minimum atomic E-state index is -0.402. The second-order valence-electron chi connectivity index (χ2n) is 3.95. The highest BCUT2D eigenvalue weighted by Crippen LogP contribution is 2.37. The summed E-state index contributed by atoms with van der Waals surface area (Å²) in [4.78, 5) is 23.8. The van der Waals surface area contributed by atoms with E-state index in [0.29, 0.717) is 18.4 Å². The smallest absolute Gasteiger partial charge is 0.237 e. The van der Waals surface area contributed by atoms with E-state index >= 15 is 0 Å². The molecular formula is C9H14N2O2. The van der Waals surface area contributed by atoms with Crippen LogP contribution in [0.1, 0.15) is 25.7 Å². The van der Waals surface area contributed by atoms with Crippen molar-refractivity contribution in [1.82, 2.24) is 4.90 Å². The normalized spacial score (nSPS) is 32.3. The van der Waals surface area contributed by atoms with E-state index in [1.54, 1.807) is 4.90 Å². The first-order chi connectivity index (χ1) is 6.18. The molecule has 1 heterocycles. The molecule has 0 radical (unpaired) electrons. The van der Waals surface area contributed by atoms with E-state index in [2.05, 4.69) is 0 Å². The lowest BCUT2D eigenvalue weighted by Crippen LogP contribution is -2.40. The van der Waals surface area contributed by atoms with E-state index < -0.39 is 5.91 Å². The SMILES string of the molecule is NC(=O)CN1C(=O)C[C@@H]2CCC[C@@H]21. The highest BCUT2D eigenvalue weighted by molar-refractivity contribution is 5.85. The van der Waals surface area contributed by atoms with Crippen LogP contribution in [0, 0.1) is 5.92 Å². The van der Waals surface area contributed by atoms with Crippen LogP contribution in [0.4, 0.5) is 0 Å². The molecule has 4 heteroatoms. The number of carbonyl (C=O) groups excluding carboxylic acids is 2. The standard InChI is InChI=1S/C9H14N2O2/c10-8(12)5-11-7-3-1-2-6(7)4-9(11)13/h6-7H,1-5H2,(H2,10,12)/t6-,7-/m0/s1. The minimum absolute atomic E-state index is 0.105.